The molecule has 0 spiro atoms. The average molecular weight is 481 g/mol. The van der Waals surface area contributed by atoms with Crippen LogP contribution >= 0.6 is 23.2 Å². The number of halogens is 2. The van der Waals surface area contributed by atoms with Crippen molar-refractivity contribution in [1.29, 1.82) is 0 Å². The van der Waals surface area contributed by atoms with Crippen molar-refractivity contribution >= 4 is 29.0 Å². The molecule has 3 N–H and O–H groups in total. The number of aromatic nitrogens is 2. The lowest BCUT2D eigenvalue weighted by molar-refractivity contribution is 0.552. The molecule has 0 aliphatic heterocycles. The van der Waals surface area contributed by atoms with Crippen LogP contribution < -0.4 is 11.1 Å². The standard InChI is InChI=1S/C16H15Cl2N3.C11H15N/c17-10-5-6-11(12(18)7-10)15-13(8-1-2-8)21-16(19)14(20-15)9-3-4-9;1-2-12-11-7-9-5-3-4-6-10(9)8-11/h5-9H,1-4H2,(H2,19,21);3-6,11-12H,2,7-8H2,1H3. The van der Waals surface area contributed by atoms with Crippen LogP contribution in [-0.2, 0) is 12.8 Å². The van der Waals surface area contributed by atoms with Crippen molar-refractivity contribution in [3.63, 3.8) is 0 Å². The number of rotatable bonds is 5. The van der Waals surface area contributed by atoms with Crippen LogP contribution in [0.2, 0.25) is 10.0 Å². The molecule has 0 atom stereocenters. The minimum atomic E-state index is 0.467. The summed E-state index contributed by atoms with van der Waals surface area (Å²) in [4.78, 5) is 9.50. The molecule has 1 aromatic heterocycles. The van der Waals surface area contributed by atoms with Gasteiger partial charge < -0.3 is 11.1 Å². The van der Waals surface area contributed by atoms with Crippen LogP contribution in [0.3, 0.4) is 0 Å². The molecule has 4 nitrogen and oxygen atoms in total. The van der Waals surface area contributed by atoms with Crippen molar-refractivity contribution in [1.82, 2.24) is 15.3 Å². The first-order valence-corrected chi connectivity index (χ1v) is 12.7. The number of fused-ring (bicyclic) bond motifs is 1. The monoisotopic (exact) mass is 480 g/mol. The van der Waals surface area contributed by atoms with Crippen molar-refractivity contribution in [3.8, 4) is 11.3 Å². The molecule has 0 saturated heterocycles. The largest absolute Gasteiger partial charge is 0.382 e. The van der Waals surface area contributed by atoms with Gasteiger partial charge in [-0.3, -0.25) is 0 Å². The maximum atomic E-state index is 6.36. The van der Waals surface area contributed by atoms with Gasteiger partial charge in [0.1, 0.15) is 5.82 Å². The van der Waals surface area contributed by atoms with Gasteiger partial charge in [-0.25, -0.2) is 9.97 Å². The predicted molar refractivity (Wildman–Crippen MR) is 137 cm³/mol. The van der Waals surface area contributed by atoms with Crippen LogP contribution in [0.1, 0.15) is 67.0 Å². The summed E-state index contributed by atoms with van der Waals surface area (Å²) < 4.78 is 0. The Balaban J connectivity index is 0.000000162. The topological polar surface area (TPSA) is 63.8 Å². The summed E-state index contributed by atoms with van der Waals surface area (Å²) in [5, 5.41) is 4.73. The zero-order chi connectivity index (χ0) is 22.9. The van der Waals surface area contributed by atoms with E-state index in [0.29, 0.717) is 33.7 Å². The first-order chi connectivity index (χ1) is 16.0. The fraction of sp³-hybridized carbons (Fsp3) is 0.407. The molecule has 3 aromatic rings. The van der Waals surface area contributed by atoms with Crippen molar-refractivity contribution in [2.45, 2.75) is 63.3 Å². The number of benzene rings is 2. The number of nitrogens with two attached hydrogens (primary N) is 1. The van der Waals surface area contributed by atoms with Gasteiger partial charge in [0, 0.05) is 28.5 Å². The molecule has 0 amide bonds. The SMILES string of the molecule is CCNC1Cc2ccccc2C1.Nc1nc(C2CC2)c(-c2ccc(Cl)cc2Cl)nc1C1CC1. The molecule has 2 fully saturated rings. The quantitative estimate of drug-likeness (QED) is 0.434. The zero-order valence-corrected chi connectivity index (χ0v) is 20.5. The summed E-state index contributed by atoms with van der Waals surface area (Å²) in [6, 6.07) is 15.0. The van der Waals surface area contributed by atoms with E-state index in [1.165, 1.54) is 24.0 Å². The highest BCUT2D eigenvalue weighted by Crippen LogP contribution is 2.47. The molecule has 2 aromatic carbocycles. The van der Waals surface area contributed by atoms with E-state index in [2.05, 4.69) is 41.5 Å². The molecule has 6 heteroatoms. The maximum Gasteiger partial charge on any atom is 0.145 e. The van der Waals surface area contributed by atoms with E-state index in [4.69, 9.17) is 33.9 Å². The van der Waals surface area contributed by atoms with Gasteiger partial charge in [0.05, 0.1) is 22.1 Å². The fourth-order valence-corrected chi connectivity index (χ4v) is 5.14. The Labute approximate surface area is 205 Å². The molecule has 3 aliphatic rings. The van der Waals surface area contributed by atoms with Gasteiger partial charge >= 0.3 is 0 Å². The lowest BCUT2D eigenvalue weighted by Crippen LogP contribution is -2.28. The van der Waals surface area contributed by atoms with E-state index in [9.17, 15) is 0 Å². The lowest BCUT2D eigenvalue weighted by atomic mass is 10.1. The second-order valence-electron chi connectivity index (χ2n) is 9.33. The Kier molecular flexibility index (Phi) is 6.60. The van der Waals surface area contributed by atoms with E-state index in [-0.39, 0.29) is 0 Å². The zero-order valence-electron chi connectivity index (χ0n) is 19.0. The highest BCUT2D eigenvalue weighted by Gasteiger charge is 2.34. The summed E-state index contributed by atoms with van der Waals surface area (Å²) in [5.41, 5.74) is 12.9. The molecule has 0 radical (unpaired) electrons. The van der Waals surface area contributed by atoms with E-state index in [0.717, 1.165) is 54.9 Å². The summed E-state index contributed by atoms with van der Waals surface area (Å²) >= 11 is 12.4. The molecule has 1 heterocycles. The Morgan fingerprint density at radius 1 is 0.909 bits per heavy atom. The maximum absolute atomic E-state index is 6.36. The highest BCUT2D eigenvalue weighted by molar-refractivity contribution is 6.36. The number of anilines is 1. The summed E-state index contributed by atoms with van der Waals surface area (Å²) in [6.07, 6.45) is 7.02. The molecule has 172 valence electrons. The van der Waals surface area contributed by atoms with Crippen LogP contribution in [0.5, 0.6) is 0 Å². The lowest BCUT2D eigenvalue weighted by Gasteiger charge is -2.13. The average Bonchev–Trinajstić information content (AvgIpc) is 3.71. The molecule has 3 aliphatic carbocycles. The Morgan fingerprint density at radius 3 is 2.12 bits per heavy atom. The van der Waals surface area contributed by atoms with Gasteiger partial charge in [-0.2, -0.15) is 0 Å². The van der Waals surface area contributed by atoms with E-state index >= 15 is 0 Å². The number of nitrogens with one attached hydrogen (secondary N) is 1. The Hall–Kier alpha value is -2.14. The Morgan fingerprint density at radius 2 is 1.55 bits per heavy atom. The van der Waals surface area contributed by atoms with Crippen LogP contribution in [0.25, 0.3) is 11.3 Å². The van der Waals surface area contributed by atoms with Gasteiger partial charge in [-0.05, 0) is 74.4 Å². The summed E-state index contributed by atoms with van der Waals surface area (Å²) in [5.74, 6) is 1.53. The highest BCUT2D eigenvalue weighted by atomic mass is 35.5. The molecule has 0 unspecified atom stereocenters. The third-order valence-electron chi connectivity index (χ3n) is 6.64. The Bertz CT molecular complexity index is 1130. The second kappa shape index (κ2) is 9.61. The smallest absolute Gasteiger partial charge is 0.145 e. The van der Waals surface area contributed by atoms with Gasteiger partial charge in [-0.1, -0.05) is 54.4 Å². The third-order valence-corrected chi connectivity index (χ3v) is 7.18. The first kappa shape index (κ1) is 22.6. The van der Waals surface area contributed by atoms with Gasteiger partial charge in [0.2, 0.25) is 0 Å². The molecule has 0 bridgehead atoms. The van der Waals surface area contributed by atoms with Crippen molar-refractivity contribution in [2.75, 3.05) is 12.3 Å². The van der Waals surface area contributed by atoms with E-state index in [1.807, 2.05) is 12.1 Å². The minimum Gasteiger partial charge on any atom is -0.382 e. The fourth-order valence-electron chi connectivity index (χ4n) is 4.65. The van der Waals surface area contributed by atoms with Crippen LogP contribution in [0, 0.1) is 0 Å². The normalized spacial score (nSPS) is 17.4. The van der Waals surface area contributed by atoms with E-state index < -0.39 is 0 Å². The molecule has 6 rings (SSSR count). The van der Waals surface area contributed by atoms with Crippen LogP contribution in [-0.4, -0.2) is 22.6 Å². The molecular formula is C27H30Cl2N4. The van der Waals surface area contributed by atoms with Crippen molar-refractivity contribution in [2.24, 2.45) is 0 Å². The van der Waals surface area contributed by atoms with Crippen LogP contribution in [0.15, 0.2) is 42.5 Å². The number of nitrogen functional groups attached to an aromatic ring is 1. The number of nitrogens with zero attached hydrogens (tertiary/aromatic N) is 2. The van der Waals surface area contributed by atoms with Crippen molar-refractivity contribution in [3.05, 3.63) is 75.0 Å². The summed E-state index contributed by atoms with van der Waals surface area (Å²) in [7, 11) is 0. The van der Waals surface area contributed by atoms with Crippen LogP contribution in [0.4, 0.5) is 5.82 Å². The van der Waals surface area contributed by atoms with Gasteiger partial charge in [-0.15, -0.1) is 0 Å². The predicted octanol–water partition coefficient (Wildman–Crippen LogP) is 6.55. The first-order valence-electron chi connectivity index (χ1n) is 12.0. The molecule has 33 heavy (non-hydrogen) atoms. The number of hydrogen-bond donors (Lipinski definition) is 2. The van der Waals surface area contributed by atoms with Gasteiger partial charge in [0.25, 0.3) is 0 Å². The van der Waals surface area contributed by atoms with Gasteiger partial charge in [0.15, 0.2) is 0 Å². The number of hydrogen-bond acceptors (Lipinski definition) is 4. The molecular weight excluding hydrogens is 451 g/mol. The second-order valence-corrected chi connectivity index (χ2v) is 10.2. The summed E-state index contributed by atoms with van der Waals surface area (Å²) in [6.45, 7) is 3.25. The third kappa shape index (κ3) is 5.18. The van der Waals surface area contributed by atoms with E-state index in [1.54, 1.807) is 6.07 Å². The number of likely N-dealkylation sites (N-methyl/N-ethyl adjacent to an activating group) is 1. The molecule has 2 saturated carbocycles. The van der Waals surface area contributed by atoms with Crippen molar-refractivity contribution < 1.29 is 0 Å². The minimum absolute atomic E-state index is 0.467.